The molecular formula is C30H52FN7O6Si2. The van der Waals surface area contributed by atoms with Crippen LogP contribution in [0.4, 0.5) is 10.1 Å². The highest BCUT2D eigenvalue weighted by Gasteiger charge is 2.40. The molecule has 46 heavy (non-hydrogen) atoms. The largest absolute Gasteiger partial charge is 0.500 e. The van der Waals surface area contributed by atoms with E-state index < -0.39 is 17.6 Å². The first-order chi connectivity index (χ1) is 22.3. The lowest BCUT2D eigenvalue weighted by atomic mass is 10.2. The van der Waals surface area contributed by atoms with Crippen LogP contribution in [0.15, 0.2) is 36.7 Å². The van der Waals surface area contributed by atoms with E-state index in [4.69, 9.17) is 26.6 Å². The third kappa shape index (κ3) is 11.9. The van der Waals surface area contributed by atoms with Crippen molar-refractivity contribution >= 4 is 23.3 Å². The van der Waals surface area contributed by atoms with Crippen LogP contribution in [0.5, 0.6) is 0 Å². The molecule has 0 bridgehead atoms. The number of rotatable bonds is 25. The van der Waals surface area contributed by atoms with Crippen molar-refractivity contribution in [2.75, 3.05) is 44.5 Å². The molecule has 0 saturated carbocycles. The van der Waals surface area contributed by atoms with Gasteiger partial charge in [-0.3, -0.25) is 9.36 Å². The van der Waals surface area contributed by atoms with Gasteiger partial charge in [-0.05, 0) is 78.6 Å². The summed E-state index contributed by atoms with van der Waals surface area (Å²) in [7, 11) is -5.44. The van der Waals surface area contributed by atoms with Gasteiger partial charge in [0.2, 0.25) is 0 Å². The summed E-state index contributed by atoms with van der Waals surface area (Å²) < 4.78 is 53.3. The molecule has 258 valence electrons. The molecule has 1 aromatic carbocycles. The Labute approximate surface area is 275 Å². The standard InChI is InChI=1S/C30H52FN7O6Si2/c1-7-39-45(40-8-2,41-9-3)21-13-19-37-25-28(32-34-37)23-36(30-17-15-27(31)16-18-30)24-29-26-38(35-33-29)20-14-22-46(42-10-4,43-11-5)44-12-6/h15-18,25-26H,7-14,19-24H2,1-6H3. The van der Waals surface area contributed by atoms with Gasteiger partial charge in [0.15, 0.2) is 0 Å². The number of nitrogens with zero attached hydrogens (tertiary/aromatic N) is 7. The average molecular weight is 682 g/mol. The van der Waals surface area contributed by atoms with Gasteiger partial charge in [0.05, 0.1) is 25.5 Å². The van der Waals surface area contributed by atoms with E-state index in [0.29, 0.717) is 77.9 Å². The molecule has 0 aliphatic rings. The summed E-state index contributed by atoms with van der Waals surface area (Å²) >= 11 is 0. The fraction of sp³-hybridized carbons (Fsp3) is 0.667. The second kappa shape index (κ2) is 19.9. The lowest BCUT2D eigenvalue weighted by molar-refractivity contribution is 0.0696. The molecule has 3 rings (SSSR count). The Balaban J connectivity index is 1.64. The van der Waals surface area contributed by atoms with Gasteiger partial charge in [-0.2, -0.15) is 0 Å². The monoisotopic (exact) mass is 681 g/mol. The Morgan fingerprint density at radius 3 is 1.33 bits per heavy atom. The van der Waals surface area contributed by atoms with Crippen LogP contribution in [0.2, 0.25) is 12.1 Å². The molecule has 0 unspecified atom stereocenters. The zero-order valence-corrected chi connectivity index (χ0v) is 30.3. The molecular weight excluding hydrogens is 630 g/mol. The zero-order chi connectivity index (χ0) is 33.3. The Kier molecular flexibility index (Phi) is 16.4. The first-order valence-corrected chi connectivity index (χ1v) is 20.3. The molecule has 13 nitrogen and oxygen atoms in total. The van der Waals surface area contributed by atoms with Gasteiger partial charge in [-0.25, -0.2) is 4.39 Å². The van der Waals surface area contributed by atoms with Crippen molar-refractivity contribution in [1.82, 2.24) is 30.0 Å². The summed E-state index contributed by atoms with van der Waals surface area (Å²) in [6, 6.07) is 7.80. The van der Waals surface area contributed by atoms with Gasteiger partial charge < -0.3 is 31.5 Å². The van der Waals surface area contributed by atoms with Crippen molar-refractivity contribution in [3.8, 4) is 0 Å². The quantitative estimate of drug-likeness (QED) is 0.111. The normalized spacial score (nSPS) is 12.2. The molecule has 0 aliphatic heterocycles. The molecule has 0 saturated heterocycles. The Morgan fingerprint density at radius 1 is 0.609 bits per heavy atom. The maximum Gasteiger partial charge on any atom is 0.500 e. The molecule has 3 aromatic rings. The molecule has 0 aliphatic carbocycles. The SMILES string of the molecule is CCO[Si](CCCn1cc(CN(Cc2cn(CCC[Si](OCC)(OCC)OCC)nn2)c2ccc(F)cc2)nn1)(OCC)OCC. The van der Waals surface area contributed by atoms with E-state index >= 15 is 0 Å². The maximum atomic E-state index is 13.8. The molecule has 0 radical (unpaired) electrons. The predicted molar refractivity (Wildman–Crippen MR) is 176 cm³/mol. The number of hydrogen-bond donors (Lipinski definition) is 0. The van der Waals surface area contributed by atoms with E-state index in [1.165, 1.54) is 12.1 Å². The van der Waals surface area contributed by atoms with E-state index in [1.807, 2.05) is 63.3 Å². The highest BCUT2D eigenvalue weighted by atomic mass is 28.4. The van der Waals surface area contributed by atoms with Crippen LogP contribution in [0, 0.1) is 5.82 Å². The molecule has 2 aromatic heterocycles. The topological polar surface area (TPSA) is 120 Å². The van der Waals surface area contributed by atoms with Crippen molar-refractivity contribution in [2.24, 2.45) is 0 Å². The van der Waals surface area contributed by atoms with Crippen molar-refractivity contribution in [1.29, 1.82) is 0 Å². The van der Waals surface area contributed by atoms with Crippen molar-refractivity contribution < 1.29 is 30.9 Å². The minimum atomic E-state index is -2.72. The highest BCUT2D eigenvalue weighted by molar-refractivity contribution is 6.61. The van der Waals surface area contributed by atoms with Crippen LogP contribution in [-0.2, 0) is 52.7 Å². The smallest absolute Gasteiger partial charge is 0.374 e. The summed E-state index contributed by atoms with van der Waals surface area (Å²) in [6.45, 7) is 17.2. The Morgan fingerprint density at radius 2 is 0.978 bits per heavy atom. The van der Waals surface area contributed by atoms with E-state index in [0.717, 1.165) is 29.9 Å². The second-order valence-electron chi connectivity index (χ2n) is 10.4. The van der Waals surface area contributed by atoms with Gasteiger partial charge in [0, 0.05) is 70.5 Å². The lowest BCUT2D eigenvalue weighted by Crippen LogP contribution is -2.46. The van der Waals surface area contributed by atoms with Gasteiger partial charge >= 0.3 is 17.6 Å². The average Bonchev–Trinajstić information content (AvgIpc) is 3.67. The van der Waals surface area contributed by atoms with Crippen LogP contribution in [0.3, 0.4) is 0 Å². The van der Waals surface area contributed by atoms with Crippen molar-refractivity contribution in [3.63, 3.8) is 0 Å². The Hall–Kier alpha value is -2.58. The number of aromatic nitrogens is 6. The molecule has 0 fully saturated rings. The molecule has 16 heteroatoms. The first kappa shape index (κ1) is 37.9. The summed E-state index contributed by atoms with van der Waals surface area (Å²) in [6.07, 6.45) is 5.43. The maximum absolute atomic E-state index is 13.8. The van der Waals surface area contributed by atoms with Crippen molar-refractivity contribution in [3.05, 3.63) is 53.9 Å². The lowest BCUT2D eigenvalue weighted by Gasteiger charge is -2.28. The summed E-state index contributed by atoms with van der Waals surface area (Å²) in [5.74, 6) is -0.294. The minimum absolute atomic E-state index is 0.294. The van der Waals surface area contributed by atoms with E-state index in [2.05, 4.69) is 25.5 Å². The zero-order valence-electron chi connectivity index (χ0n) is 28.3. The molecule has 2 heterocycles. The van der Waals surface area contributed by atoms with Crippen molar-refractivity contribution in [2.45, 2.75) is 92.7 Å². The van der Waals surface area contributed by atoms with E-state index in [9.17, 15) is 4.39 Å². The van der Waals surface area contributed by atoms with Crippen LogP contribution in [-0.4, -0.2) is 87.2 Å². The summed E-state index contributed by atoms with van der Waals surface area (Å²) in [4.78, 5) is 2.08. The number of halogens is 1. The molecule has 0 spiro atoms. The van der Waals surface area contributed by atoms with Gasteiger partial charge in [-0.1, -0.05) is 10.4 Å². The molecule has 0 amide bonds. The molecule has 0 N–H and O–H groups in total. The van der Waals surface area contributed by atoms with Crippen LogP contribution in [0.25, 0.3) is 0 Å². The van der Waals surface area contributed by atoms with Crippen LogP contribution < -0.4 is 4.90 Å². The fourth-order valence-electron chi connectivity index (χ4n) is 5.24. The summed E-state index contributed by atoms with van der Waals surface area (Å²) in [5, 5.41) is 17.5. The number of benzene rings is 1. The third-order valence-corrected chi connectivity index (χ3v) is 13.3. The second-order valence-corrected chi connectivity index (χ2v) is 15.9. The number of aryl methyl sites for hydroxylation is 2. The van der Waals surface area contributed by atoms with E-state index in [-0.39, 0.29) is 5.82 Å². The van der Waals surface area contributed by atoms with Crippen LogP contribution in [0.1, 0.15) is 65.8 Å². The third-order valence-electron chi connectivity index (χ3n) is 7.00. The first-order valence-electron chi connectivity index (χ1n) is 16.5. The highest BCUT2D eigenvalue weighted by Crippen LogP contribution is 2.22. The number of hydrogen-bond acceptors (Lipinski definition) is 11. The van der Waals surface area contributed by atoms with E-state index in [1.54, 1.807) is 12.1 Å². The number of anilines is 1. The Bertz CT molecular complexity index is 1150. The van der Waals surface area contributed by atoms with Gasteiger partial charge in [0.1, 0.15) is 17.2 Å². The molecule has 0 atom stereocenters. The van der Waals surface area contributed by atoms with Crippen LogP contribution >= 0.6 is 0 Å². The van der Waals surface area contributed by atoms with Gasteiger partial charge in [-0.15, -0.1) is 10.2 Å². The van der Waals surface area contributed by atoms with Gasteiger partial charge in [0.25, 0.3) is 0 Å². The fourth-order valence-corrected chi connectivity index (χ4v) is 10.4. The predicted octanol–water partition coefficient (Wildman–Crippen LogP) is 5.09. The minimum Gasteiger partial charge on any atom is -0.374 e. The summed E-state index contributed by atoms with van der Waals surface area (Å²) in [5.41, 5.74) is 2.40.